The SMILES string of the molecule is CC1(C)CC(O)CC(C)(C)N1CCOC(=O)CCC(=O)OCCN1C(C)(C)CC(OC(=O)CCC=O)CC1(C)C. The number of carbonyl (C=O) groups is 4. The minimum absolute atomic E-state index is 0.0395. The maximum absolute atomic E-state index is 12.3. The van der Waals surface area contributed by atoms with Gasteiger partial charge in [-0.25, -0.2) is 0 Å². The van der Waals surface area contributed by atoms with E-state index in [1.54, 1.807) is 0 Å². The van der Waals surface area contributed by atoms with Crippen LogP contribution < -0.4 is 0 Å². The van der Waals surface area contributed by atoms with E-state index in [1.165, 1.54) is 0 Å². The number of hydrogen-bond acceptors (Lipinski definition) is 10. The molecule has 40 heavy (non-hydrogen) atoms. The third-order valence-electron chi connectivity index (χ3n) is 8.30. The fourth-order valence-electron chi connectivity index (χ4n) is 7.06. The number of rotatable bonds is 13. The lowest BCUT2D eigenvalue weighted by Crippen LogP contribution is -2.63. The lowest BCUT2D eigenvalue weighted by molar-refractivity contribution is -0.163. The molecule has 2 aliphatic heterocycles. The zero-order valence-corrected chi connectivity index (χ0v) is 25.9. The highest BCUT2D eigenvalue weighted by molar-refractivity contribution is 5.77. The third kappa shape index (κ3) is 9.80. The quantitative estimate of drug-likeness (QED) is 0.201. The van der Waals surface area contributed by atoms with E-state index in [-0.39, 0.29) is 79.2 Å². The molecule has 0 spiro atoms. The van der Waals surface area contributed by atoms with Crippen molar-refractivity contribution in [2.45, 2.75) is 141 Å². The van der Waals surface area contributed by atoms with Gasteiger partial charge in [-0.1, -0.05) is 0 Å². The van der Waals surface area contributed by atoms with Crippen LogP contribution in [-0.4, -0.2) is 99.8 Å². The first kappa shape index (κ1) is 34.2. The second-order valence-electron chi connectivity index (χ2n) is 13.8. The Kier molecular flexibility index (Phi) is 11.7. The number of aldehydes is 1. The standard InChI is InChI=1S/C30H52N2O8/c1-27(2)18-22(34)19-28(3,4)31(27)13-16-38-24(35)11-12-25(36)39-17-14-32-29(5,6)20-23(21-30(32,7)8)40-26(37)10-9-15-33/h15,22-23,34H,9-14,16-21H2,1-8H3. The van der Waals surface area contributed by atoms with Crippen LogP contribution >= 0.6 is 0 Å². The molecular weight excluding hydrogens is 516 g/mol. The van der Waals surface area contributed by atoms with E-state index in [0.717, 1.165) is 0 Å². The summed E-state index contributed by atoms with van der Waals surface area (Å²) >= 11 is 0. The molecule has 0 aromatic heterocycles. The highest BCUT2D eigenvalue weighted by Crippen LogP contribution is 2.40. The van der Waals surface area contributed by atoms with Crippen LogP contribution in [0.4, 0.5) is 0 Å². The van der Waals surface area contributed by atoms with E-state index < -0.39 is 11.9 Å². The van der Waals surface area contributed by atoms with Gasteiger partial charge in [0.1, 0.15) is 25.6 Å². The van der Waals surface area contributed by atoms with Crippen molar-refractivity contribution in [1.29, 1.82) is 0 Å². The van der Waals surface area contributed by atoms with Crippen molar-refractivity contribution in [2.24, 2.45) is 0 Å². The zero-order valence-electron chi connectivity index (χ0n) is 25.9. The summed E-state index contributed by atoms with van der Waals surface area (Å²) in [6.07, 6.45) is 2.90. The van der Waals surface area contributed by atoms with Gasteiger partial charge in [0.25, 0.3) is 0 Å². The summed E-state index contributed by atoms with van der Waals surface area (Å²) < 4.78 is 16.5. The largest absolute Gasteiger partial charge is 0.464 e. The lowest BCUT2D eigenvalue weighted by Gasteiger charge is -2.54. The molecule has 10 nitrogen and oxygen atoms in total. The van der Waals surface area contributed by atoms with Crippen LogP contribution in [0.1, 0.15) is 107 Å². The number of aliphatic hydroxyl groups is 1. The van der Waals surface area contributed by atoms with Gasteiger partial charge in [-0.15, -0.1) is 0 Å². The Hall–Kier alpha value is -2.04. The van der Waals surface area contributed by atoms with Gasteiger partial charge in [-0.05, 0) is 68.2 Å². The Bertz CT molecular complexity index is 862. The number of nitrogens with zero attached hydrogens (tertiary/aromatic N) is 2. The predicted molar refractivity (Wildman–Crippen MR) is 151 cm³/mol. The molecule has 1 N–H and O–H groups in total. The van der Waals surface area contributed by atoms with Gasteiger partial charge in [0.15, 0.2) is 0 Å². The summed E-state index contributed by atoms with van der Waals surface area (Å²) in [5, 5.41) is 10.2. The monoisotopic (exact) mass is 568 g/mol. The molecule has 0 aliphatic carbocycles. The van der Waals surface area contributed by atoms with E-state index in [9.17, 15) is 24.3 Å². The van der Waals surface area contributed by atoms with E-state index in [4.69, 9.17) is 14.2 Å². The van der Waals surface area contributed by atoms with Crippen LogP contribution in [0.15, 0.2) is 0 Å². The third-order valence-corrected chi connectivity index (χ3v) is 8.30. The first-order valence-electron chi connectivity index (χ1n) is 14.6. The summed E-state index contributed by atoms with van der Waals surface area (Å²) in [5.41, 5.74) is -1.03. The minimum atomic E-state index is -0.446. The van der Waals surface area contributed by atoms with E-state index in [2.05, 4.69) is 65.2 Å². The van der Waals surface area contributed by atoms with Crippen molar-refractivity contribution < 1.29 is 38.5 Å². The first-order valence-corrected chi connectivity index (χ1v) is 14.6. The fourth-order valence-corrected chi connectivity index (χ4v) is 7.06. The molecule has 0 amide bonds. The Morgan fingerprint density at radius 3 is 1.50 bits per heavy atom. The van der Waals surface area contributed by atoms with Crippen LogP contribution in [-0.2, 0) is 33.4 Å². The number of ether oxygens (including phenoxy) is 3. The maximum atomic E-state index is 12.3. The molecule has 2 heterocycles. The van der Waals surface area contributed by atoms with Gasteiger partial charge < -0.3 is 24.1 Å². The average Bonchev–Trinajstić information content (AvgIpc) is 2.78. The molecule has 2 aliphatic rings. The van der Waals surface area contributed by atoms with Crippen molar-refractivity contribution >= 4 is 24.2 Å². The summed E-state index contributed by atoms with van der Waals surface area (Å²) in [7, 11) is 0. The van der Waals surface area contributed by atoms with Crippen LogP contribution in [0.2, 0.25) is 0 Å². The van der Waals surface area contributed by atoms with Crippen LogP contribution in [0.5, 0.6) is 0 Å². The molecule has 10 heteroatoms. The summed E-state index contributed by atoms with van der Waals surface area (Å²) in [4.78, 5) is 51.7. The molecule has 0 bridgehead atoms. The molecule has 0 radical (unpaired) electrons. The van der Waals surface area contributed by atoms with Crippen molar-refractivity contribution in [1.82, 2.24) is 9.80 Å². The van der Waals surface area contributed by atoms with Crippen molar-refractivity contribution in [3.05, 3.63) is 0 Å². The van der Waals surface area contributed by atoms with E-state index in [1.807, 2.05) is 0 Å². The number of carbonyl (C=O) groups excluding carboxylic acids is 4. The summed E-state index contributed by atoms with van der Waals surface area (Å²) in [5.74, 6) is -1.24. The summed E-state index contributed by atoms with van der Waals surface area (Å²) in [6, 6.07) is 0. The molecular formula is C30H52N2O8. The van der Waals surface area contributed by atoms with Crippen molar-refractivity contribution in [3.8, 4) is 0 Å². The van der Waals surface area contributed by atoms with Crippen molar-refractivity contribution in [2.75, 3.05) is 26.3 Å². The molecule has 0 aromatic rings. The number of likely N-dealkylation sites (tertiary alicyclic amines) is 2. The van der Waals surface area contributed by atoms with Gasteiger partial charge in [-0.2, -0.15) is 0 Å². The van der Waals surface area contributed by atoms with Crippen LogP contribution in [0.25, 0.3) is 0 Å². The first-order chi connectivity index (χ1) is 18.4. The molecule has 0 aromatic carbocycles. The second-order valence-corrected chi connectivity index (χ2v) is 13.8. The zero-order chi connectivity index (χ0) is 30.4. The average molecular weight is 569 g/mol. The molecule has 230 valence electrons. The highest BCUT2D eigenvalue weighted by Gasteiger charge is 2.47. The van der Waals surface area contributed by atoms with Gasteiger partial charge in [0.2, 0.25) is 0 Å². The lowest BCUT2D eigenvalue weighted by atomic mass is 9.78. The number of piperidine rings is 2. The minimum Gasteiger partial charge on any atom is -0.464 e. The normalized spacial score (nSPS) is 22.8. The van der Waals surface area contributed by atoms with Gasteiger partial charge in [0.05, 0.1) is 25.4 Å². The van der Waals surface area contributed by atoms with E-state index >= 15 is 0 Å². The van der Waals surface area contributed by atoms with Gasteiger partial charge >= 0.3 is 17.9 Å². The summed E-state index contributed by atoms with van der Waals surface area (Å²) in [6.45, 7) is 18.1. The topological polar surface area (TPSA) is 123 Å². The van der Waals surface area contributed by atoms with Crippen LogP contribution in [0, 0.1) is 0 Å². The Morgan fingerprint density at radius 1 is 0.700 bits per heavy atom. The highest BCUT2D eigenvalue weighted by atomic mass is 16.5. The van der Waals surface area contributed by atoms with Crippen molar-refractivity contribution in [3.63, 3.8) is 0 Å². The van der Waals surface area contributed by atoms with E-state index in [0.29, 0.717) is 45.1 Å². The Balaban J connectivity index is 1.73. The smallest absolute Gasteiger partial charge is 0.306 e. The van der Waals surface area contributed by atoms with Gasteiger partial charge in [-0.3, -0.25) is 24.2 Å². The molecule has 2 fully saturated rings. The predicted octanol–water partition coefficient (Wildman–Crippen LogP) is 3.41. The number of hydrogen-bond donors (Lipinski definition) is 1. The Morgan fingerprint density at radius 2 is 1.10 bits per heavy atom. The molecule has 0 atom stereocenters. The maximum Gasteiger partial charge on any atom is 0.306 e. The second kappa shape index (κ2) is 13.7. The Labute approximate surface area is 240 Å². The molecule has 0 saturated carbocycles. The fraction of sp³-hybridized carbons (Fsp3) is 0.867. The van der Waals surface area contributed by atoms with Gasteiger partial charge in [0, 0.05) is 54.5 Å². The number of aliphatic hydroxyl groups excluding tert-OH is 1. The number of esters is 3. The van der Waals surface area contributed by atoms with Crippen LogP contribution in [0.3, 0.4) is 0 Å². The molecule has 2 rings (SSSR count). The molecule has 0 unspecified atom stereocenters. The molecule has 2 saturated heterocycles.